The SMILES string of the molecule is COCC[C](C)c1ccc(C#N)c(C(F)(F)F)c1. The van der Waals surface area contributed by atoms with Gasteiger partial charge in [-0.05, 0) is 24.1 Å². The normalized spacial score (nSPS) is 11.6. The summed E-state index contributed by atoms with van der Waals surface area (Å²) >= 11 is 0. The van der Waals surface area contributed by atoms with Gasteiger partial charge in [-0.3, -0.25) is 0 Å². The van der Waals surface area contributed by atoms with Crippen LogP contribution >= 0.6 is 0 Å². The van der Waals surface area contributed by atoms with Gasteiger partial charge in [0.2, 0.25) is 0 Å². The molecule has 1 rings (SSSR count). The van der Waals surface area contributed by atoms with Gasteiger partial charge in [-0.15, -0.1) is 0 Å². The molecule has 0 fully saturated rings. The zero-order valence-corrected chi connectivity index (χ0v) is 10.1. The molecule has 0 atom stereocenters. The maximum Gasteiger partial charge on any atom is 0.417 e. The van der Waals surface area contributed by atoms with Gasteiger partial charge in [-0.25, -0.2) is 0 Å². The molecule has 18 heavy (non-hydrogen) atoms. The molecular formula is C13H13F3NO. The molecule has 0 saturated heterocycles. The van der Waals surface area contributed by atoms with E-state index in [0.29, 0.717) is 18.6 Å². The van der Waals surface area contributed by atoms with Crippen molar-refractivity contribution in [2.45, 2.75) is 19.5 Å². The monoisotopic (exact) mass is 256 g/mol. The molecule has 5 heteroatoms. The molecule has 1 aromatic carbocycles. The molecule has 0 amide bonds. The summed E-state index contributed by atoms with van der Waals surface area (Å²) in [6.07, 6.45) is -3.96. The van der Waals surface area contributed by atoms with Crippen LogP contribution in [0.1, 0.15) is 30.0 Å². The van der Waals surface area contributed by atoms with Gasteiger partial charge in [-0.2, -0.15) is 18.4 Å². The second kappa shape index (κ2) is 5.87. The molecule has 1 aromatic rings. The Hall–Kier alpha value is -1.54. The number of rotatable bonds is 4. The average molecular weight is 256 g/mol. The average Bonchev–Trinajstić information content (AvgIpc) is 2.34. The number of hydrogen-bond acceptors (Lipinski definition) is 2. The minimum atomic E-state index is -4.51. The lowest BCUT2D eigenvalue weighted by Gasteiger charge is -2.14. The van der Waals surface area contributed by atoms with Crippen LogP contribution in [0.2, 0.25) is 0 Å². The molecule has 97 valence electrons. The summed E-state index contributed by atoms with van der Waals surface area (Å²) in [5.74, 6) is 0.798. The van der Waals surface area contributed by atoms with Crippen LogP contribution in [0.5, 0.6) is 0 Å². The number of halogens is 3. The molecule has 1 radical (unpaired) electrons. The Balaban J connectivity index is 3.08. The zero-order chi connectivity index (χ0) is 13.8. The van der Waals surface area contributed by atoms with E-state index in [9.17, 15) is 13.2 Å². The second-order valence-electron chi connectivity index (χ2n) is 3.89. The van der Waals surface area contributed by atoms with Crippen molar-refractivity contribution in [3.8, 4) is 6.07 Å². The number of benzene rings is 1. The maximum absolute atomic E-state index is 12.7. The summed E-state index contributed by atoms with van der Waals surface area (Å²) in [6, 6.07) is 5.30. The van der Waals surface area contributed by atoms with Crippen molar-refractivity contribution in [2.75, 3.05) is 13.7 Å². The number of alkyl halides is 3. The topological polar surface area (TPSA) is 33.0 Å². The minimum Gasteiger partial charge on any atom is -0.385 e. The largest absolute Gasteiger partial charge is 0.417 e. The van der Waals surface area contributed by atoms with Crippen molar-refractivity contribution in [1.29, 1.82) is 5.26 Å². The number of nitriles is 1. The predicted molar refractivity (Wildman–Crippen MR) is 60.7 cm³/mol. The van der Waals surface area contributed by atoms with Crippen molar-refractivity contribution in [2.24, 2.45) is 0 Å². The first-order valence-electron chi connectivity index (χ1n) is 5.33. The fraction of sp³-hybridized carbons (Fsp3) is 0.385. The smallest absolute Gasteiger partial charge is 0.385 e. The molecule has 0 unspecified atom stereocenters. The van der Waals surface area contributed by atoms with Gasteiger partial charge in [0, 0.05) is 19.6 Å². The fourth-order valence-corrected chi connectivity index (χ4v) is 1.54. The summed E-state index contributed by atoms with van der Waals surface area (Å²) in [4.78, 5) is 0. The molecule has 0 aliphatic rings. The number of ether oxygens (including phenoxy) is 1. The quantitative estimate of drug-likeness (QED) is 0.825. The molecule has 2 nitrogen and oxygen atoms in total. The van der Waals surface area contributed by atoms with Gasteiger partial charge in [-0.1, -0.05) is 13.0 Å². The maximum atomic E-state index is 12.7. The Labute approximate surface area is 104 Å². The fourth-order valence-electron chi connectivity index (χ4n) is 1.54. The summed E-state index contributed by atoms with van der Waals surface area (Å²) in [7, 11) is 1.53. The first-order valence-corrected chi connectivity index (χ1v) is 5.33. The second-order valence-corrected chi connectivity index (χ2v) is 3.89. The molecule has 0 heterocycles. The van der Waals surface area contributed by atoms with Gasteiger partial charge in [0.25, 0.3) is 0 Å². The van der Waals surface area contributed by atoms with Crippen LogP contribution in [0.25, 0.3) is 0 Å². The van der Waals surface area contributed by atoms with Crippen LogP contribution in [0.3, 0.4) is 0 Å². The van der Waals surface area contributed by atoms with E-state index in [1.165, 1.54) is 19.2 Å². The van der Waals surface area contributed by atoms with Gasteiger partial charge in [0.1, 0.15) is 0 Å². The van der Waals surface area contributed by atoms with E-state index in [1.807, 2.05) is 0 Å². The lowest BCUT2D eigenvalue weighted by Crippen LogP contribution is -2.10. The Bertz CT molecular complexity index is 449. The number of methoxy groups -OCH3 is 1. The van der Waals surface area contributed by atoms with Crippen molar-refractivity contribution < 1.29 is 17.9 Å². The first kappa shape index (κ1) is 14.5. The third-order valence-electron chi connectivity index (χ3n) is 2.62. The minimum absolute atomic E-state index is 0.356. The van der Waals surface area contributed by atoms with E-state index in [4.69, 9.17) is 10.00 Å². The lowest BCUT2D eigenvalue weighted by atomic mass is 9.94. The zero-order valence-electron chi connectivity index (χ0n) is 10.1. The van der Waals surface area contributed by atoms with E-state index in [-0.39, 0.29) is 5.56 Å². The molecule has 0 bridgehead atoms. The van der Waals surface area contributed by atoms with Gasteiger partial charge >= 0.3 is 6.18 Å². The van der Waals surface area contributed by atoms with Crippen molar-refractivity contribution >= 4 is 0 Å². The van der Waals surface area contributed by atoms with E-state index >= 15 is 0 Å². The highest BCUT2D eigenvalue weighted by atomic mass is 19.4. The lowest BCUT2D eigenvalue weighted by molar-refractivity contribution is -0.137. The van der Waals surface area contributed by atoms with Crippen LogP contribution in [-0.2, 0) is 10.9 Å². The van der Waals surface area contributed by atoms with Crippen molar-refractivity contribution in [1.82, 2.24) is 0 Å². The molecule has 0 N–H and O–H groups in total. The third-order valence-corrected chi connectivity index (χ3v) is 2.62. The summed E-state index contributed by atoms with van der Waals surface area (Å²) in [5, 5.41) is 8.68. The van der Waals surface area contributed by atoms with Gasteiger partial charge in [0.05, 0.1) is 17.2 Å². The summed E-state index contributed by atoms with van der Waals surface area (Å²) in [6.45, 7) is 2.20. The standard InChI is InChI=1S/C13H13F3NO/c1-9(5-6-18-2)10-3-4-11(8-17)12(7-10)13(14,15)16/h3-4,7H,5-6H2,1-2H3. The summed E-state index contributed by atoms with van der Waals surface area (Å²) < 4.78 is 43.1. The van der Waals surface area contributed by atoms with Crippen LogP contribution in [0.15, 0.2) is 18.2 Å². The van der Waals surface area contributed by atoms with Crippen LogP contribution in [0, 0.1) is 17.2 Å². The molecule has 0 aromatic heterocycles. The van der Waals surface area contributed by atoms with Crippen LogP contribution in [0.4, 0.5) is 13.2 Å². The highest BCUT2D eigenvalue weighted by molar-refractivity contribution is 5.45. The van der Waals surface area contributed by atoms with Crippen LogP contribution < -0.4 is 0 Å². The Morgan fingerprint density at radius 3 is 2.56 bits per heavy atom. The van der Waals surface area contributed by atoms with E-state index < -0.39 is 11.7 Å². The van der Waals surface area contributed by atoms with Crippen molar-refractivity contribution in [3.63, 3.8) is 0 Å². The first-order chi connectivity index (χ1) is 8.40. The van der Waals surface area contributed by atoms with Crippen molar-refractivity contribution in [3.05, 3.63) is 40.8 Å². The summed E-state index contributed by atoms with van der Waals surface area (Å²) in [5.41, 5.74) is -0.761. The van der Waals surface area contributed by atoms with Gasteiger partial charge in [0.15, 0.2) is 0 Å². The van der Waals surface area contributed by atoms with Crippen LogP contribution in [-0.4, -0.2) is 13.7 Å². The van der Waals surface area contributed by atoms with E-state index in [1.54, 1.807) is 13.0 Å². The molecule has 0 aliphatic heterocycles. The Kier molecular flexibility index (Phi) is 4.74. The highest BCUT2D eigenvalue weighted by Crippen LogP contribution is 2.34. The molecule has 0 saturated carbocycles. The number of hydrogen-bond donors (Lipinski definition) is 0. The Morgan fingerprint density at radius 2 is 2.06 bits per heavy atom. The Morgan fingerprint density at radius 1 is 1.39 bits per heavy atom. The van der Waals surface area contributed by atoms with E-state index in [0.717, 1.165) is 12.0 Å². The molecular weight excluding hydrogens is 243 g/mol. The molecule has 0 spiro atoms. The third kappa shape index (κ3) is 3.47. The van der Waals surface area contributed by atoms with Gasteiger partial charge < -0.3 is 4.74 Å². The van der Waals surface area contributed by atoms with E-state index in [2.05, 4.69) is 0 Å². The predicted octanol–water partition coefficient (Wildman–Crippen LogP) is 3.56. The number of nitrogens with zero attached hydrogens (tertiary/aromatic N) is 1. The highest BCUT2D eigenvalue weighted by Gasteiger charge is 2.34. The molecule has 0 aliphatic carbocycles.